The number of amidine groups is 1. The molecule has 0 aromatic carbocycles. The molecule has 2 N–H and O–H groups in total. The first kappa shape index (κ1) is 9.65. The standard InChI is InChI=1S/C9H14N4.ClH/c1-3-12-5-6-13-4-2-11-9(13)7-8(12)10-1;/h7H,1-6H2,(H,10,11);1H. The van der Waals surface area contributed by atoms with E-state index >= 15 is 0 Å². The highest BCUT2D eigenvalue weighted by Crippen LogP contribution is 2.10. The molecule has 0 unspecified atom stereocenters. The zero-order chi connectivity index (χ0) is 8.67. The van der Waals surface area contributed by atoms with Crippen LogP contribution in [0.4, 0.5) is 0 Å². The monoisotopic (exact) mass is 214 g/mol. The van der Waals surface area contributed by atoms with Gasteiger partial charge < -0.3 is 22.6 Å². The van der Waals surface area contributed by atoms with Gasteiger partial charge in [0.05, 0.1) is 12.6 Å². The summed E-state index contributed by atoms with van der Waals surface area (Å²) in [6.45, 7) is 6.83. The predicted octanol–water partition coefficient (Wildman–Crippen LogP) is -4.24. The summed E-state index contributed by atoms with van der Waals surface area (Å²) < 4.78 is 2.42. The van der Waals surface area contributed by atoms with Gasteiger partial charge in [0.15, 0.2) is 0 Å². The average molecular weight is 215 g/mol. The Morgan fingerprint density at radius 2 is 2.07 bits per heavy atom. The van der Waals surface area contributed by atoms with E-state index in [1.165, 1.54) is 11.7 Å². The Bertz CT molecular complexity index is 297. The van der Waals surface area contributed by atoms with Gasteiger partial charge in [-0.1, -0.05) is 0 Å². The fraction of sp³-hybridized carbons (Fsp3) is 0.667. The molecule has 0 aromatic heterocycles. The van der Waals surface area contributed by atoms with E-state index in [1.54, 1.807) is 0 Å². The highest BCUT2D eigenvalue weighted by Gasteiger charge is 2.27. The SMILES string of the molecule is C1=C2NCCN2CC[N+]2=C1NCC2.[Cl-]. The Balaban J connectivity index is 0.000000750. The quantitative estimate of drug-likeness (QED) is 0.401. The van der Waals surface area contributed by atoms with Crippen LogP contribution in [0.1, 0.15) is 0 Å². The molecule has 0 atom stereocenters. The minimum atomic E-state index is 0. The third-order valence-corrected chi connectivity index (χ3v) is 2.97. The fourth-order valence-electron chi connectivity index (χ4n) is 2.22. The second-order valence-electron chi connectivity index (χ2n) is 3.74. The molecular weight excluding hydrogens is 200 g/mol. The molecule has 0 saturated carbocycles. The van der Waals surface area contributed by atoms with Crippen LogP contribution < -0.4 is 23.0 Å². The number of nitrogens with zero attached hydrogens (tertiary/aromatic N) is 2. The van der Waals surface area contributed by atoms with E-state index in [9.17, 15) is 0 Å². The van der Waals surface area contributed by atoms with Crippen LogP contribution >= 0.6 is 0 Å². The second-order valence-corrected chi connectivity index (χ2v) is 3.74. The van der Waals surface area contributed by atoms with Crippen molar-refractivity contribution in [1.29, 1.82) is 0 Å². The largest absolute Gasteiger partial charge is 1.00 e. The van der Waals surface area contributed by atoms with E-state index in [1.807, 2.05) is 0 Å². The predicted molar refractivity (Wildman–Crippen MR) is 50.7 cm³/mol. The molecule has 0 amide bonds. The summed E-state index contributed by atoms with van der Waals surface area (Å²) in [5.41, 5.74) is 0. The van der Waals surface area contributed by atoms with Crippen molar-refractivity contribution in [3.8, 4) is 0 Å². The smallest absolute Gasteiger partial charge is 0.273 e. The summed E-state index contributed by atoms with van der Waals surface area (Å²) in [5, 5.41) is 6.82. The molecule has 5 heteroatoms. The molecule has 3 aliphatic heterocycles. The summed E-state index contributed by atoms with van der Waals surface area (Å²) >= 11 is 0. The van der Waals surface area contributed by atoms with Crippen LogP contribution in [0.25, 0.3) is 0 Å². The zero-order valence-electron chi connectivity index (χ0n) is 8.09. The molecule has 1 saturated heterocycles. The van der Waals surface area contributed by atoms with Crippen LogP contribution in [-0.4, -0.2) is 54.6 Å². The van der Waals surface area contributed by atoms with Crippen LogP contribution in [0.5, 0.6) is 0 Å². The topological polar surface area (TPSA) is 30.3 Å². The molecule has 0 radical (unpaired) electrons. The minimum Gasteiger partial charge on any atom is -1.00 e. The van der Waals surface area contributed by atoms with Crippen LogP contribution in [0.15, 0.2) is 11.9 Å². The van der Waals surface area contributed by atoms with Gasteiger partial charge in [0.1, 0.15) is 25.5 Å². The lowest BCUT2D eigenvalue weighted by Crippen LogP contribution is -3.00. The lowest BCUT2D eigenvalue weighted by Gasteiger charge is -2.15. The number of rotatable bonds is 0. The van der Waals surface area contributed by atoms with E-state index < -0.39 is 0 Å². The maximum atomic E-state index is 3.41. The number of hydrogen-bond donors (Lipinski definition) is 2. The van der Waals surface area contributed by atoms with Gasteiger partial charge in [-0.15, -0.1) is 0 Å². The number of halogens is 1. The molecule has 3 heterocycles. The van der Waals surface area contributed by atoms with Crippen LogP contribution in [0.2, 0.25) is 0 Å². The van der Waals surface area contributed by atoms with Crippen molar-refractivity contribution in [2.75, 3.05) is 39.3 Å². The van der Waals surface area contributed by atoms with E-state index in [0.29, 0.717) is 0 Å². The van der Waals surface area contributed by atoms with Gasteiger partial charge in [0.25, 0.3) is 5.84 Å². The molecule has 0 aromatic rings. The Kier molecular flexibility index (Phi) is 2.54. The average Bonchev–Trinajstić information content (AvgIpc) is 2.72. The first-order chi connectivity index (χ1) is 6.43. The van der Waals surface area contributed by atoms with Crippen LogP contribution in [-0.2, 0) is 0 Å². The third kappa shape index (κ3) is 1.43. The molecule has 3 aliphatic rings. The summed E-state index contributed by atoms with van der Waals surface area (Å²) in [6.07, 6.45) is 2.24. The summed E-state index contributed by atoms with van der Waals surface area (Å²) in [4.78, 5) is 2.42. The first-order valence-corrected chi connectivity index (χ1v) is 5.00. The molecule has 14 heavy (non-hydrogen) atoms. The van der Waals surface area contributed by atoms with Gasteiger partial charge >= 0.3 is 0 Å². The van der Waals surface area contributed by atoms with Gasteiger partial charge in [-0.3, -0.25) is 9.89 Å². The maximum Gasteiger partial charge on any atom is 0.273 e. The van der Waals surface area contributed by atoms with Crippen molar-refractivity contribution >= 4 is 5.84 Å². The van der Waals surface area contributed by atoms with Gasteiger partial charge in [0.2, 0.25) is 0 Å². The van der Waals surface area contributed by atoms with Gasteiger partial charge in [-0.2, -0.15) is 0 Å². The fourth-order valence-corrected chi connectivity index (χ4v) is 2.22. The lowest BCUT2D eigenvalue weighted by molar-refractivity contribution is -0.516. The van der Waals surface area contributed by atoms with E-state index in [-0.39, 0.29) is 12.4 Å². The number of hydrogen-bond acceptors (Lipinski definition) is 3. The zero-order valence-corrected chi connectivity index (χ0v) is 8.85. The van der Waals surface area contributed by atoms with Crippen molar-refractivity contribution in [2.45, 2.75) is 0 Å². The van der Waals surface area contributed by atoms with Gasteiger partial charge in [0, 0.05) is 13.1 Å². The second kappa shape index (κ2) is 3.69. The van der Waals surface area contributed by atoms with E-state index in [0.717, 1.165) is 39.3 Å². The Morgan fingerprint density at radius 1 is 1.14 bits per heavy atom. The Hall–Kier alpha value is -0.900. The first-order valence-electron chi connectivity index (χ1n) is 5.00. The highest BCUT2D eigenvalue weighted by atomic mass is 35.5. The molecule has 1 fully saturated rings. The van der Waals surface area contributed by atoms with Crippen LogP contribution in [0.3, 0.4) is 0 Å². The van der Waals surface area contributed by atoms with Gasteiger partial charge in [-0.25, -0.2) is 0 Å². The summed E-state index contributed by atoms with van der Waals surface area (Å²) in [7, 11) is 0. The van der Waals surface area contributed by atoms with Gasteiger partial charge in [-0.05, 0) is 0 Å². The Morgan fingerprint density at radius 3 is 3.00 bits per heavy atom. The Labute approximate surface area is 90.1 Å². The molecule has 78 valence electrons. The lowest BCUT2D eigenvalue weighted by atomic mass is 10.5. The van der Waals surface area contributed by atoms with Crippen molar-refractivity contribution in [1.82, 2.24) is 15.5 Å². The van der Waals surface area contributed by atoms with Crippen molar-refractivity contribution in [2.24, 2.45) is 0 Å². The summed E-state index contributed by atoms with van der Waals surface area (Å²) in [6, 6.07) is 0. The molecule has 0 aliphatic carbocycles. The van der Waals surface area contributed by atoms with Crippen molar-refractivity contribution in [3.05, 3.63) is 11.9 Å². The third-order valence-electron chi connectivity index (χ3n) is 2.97. The number of fused-ring (bicyclic) bond motifs is 1. The molecule has 4 nitrogen and oxygen atoms in total. The molecule has 0 bridgehead atoms. The number of nitrogens with one attached hydrogen (secondary N) is 2. The normalized spacial score (nSPS) is 24.0. The summed E-state index contributed by atoms with van der Waals surface area (Å²) in [5.74, 6) is 2.60. The van der Waals surface area contributed by atoms with Crippen molar-refractivity contribution in [3.63, 3.8) is 0 Å². The highest BCUT2D eigenvalue weighted by molar-refractivity contribution is 5.90. The van der Waals surface area contributed by atoms with E-state index in [2.05, 4.69) is 26.2 Å². The molecule has 0 spiro atoms. The van der Waals surface area contributed by atoms with Crippen molar-refractivity contribution < 1.29 is 17.0 Å². The maximum absolute atomic E-state index is 3.41. The van der Waals surface area contributed by atoms with Crippen LogP contribution in [0, 0.1) is 0 Å². The molecular formula is C9H15ClN4. The minimum absolute atomic E-state index is 0. The molecule has 3 rings (SSSR count). The van der Waals surface area contributed by atoms with E-state index in [4.69, 9.17) is 0 Å².